The van der Waals surface area contributed by atoms with E-state index in [1.807, 2.05) is 6.07 Å². The van der Waals surface area contributed by atoms with Gasteiger partial charge in [-0.25, -0.2) is 9.97 Å². The number of carbonyl (C=O) groups excluding carboxylic acids is 1. The Balaban J connectivity index is 1.54. The summed E-state index contributed by atoms with van der Waals surface area (Å²) < 4.78 is 0. The molecule has 1 saturated carbocycles. The normalized spacial score (nSPS) is 21.8. The van der Waals surface area contributed by atoms with Crippen molar-refractivity contribution in [3.63, 3.8) is 0 Å². The van der Waals surface area contributed by atoms with Crippen LogP contribution in [0.1, 0.15) is 25.7 Å². The first-order valence-electron chi connectivity index (χ1n) is 7.91. The van der Waals surface area contributed by atoms with Crippen molar-refractivity contribution < 1.29 is 4.79 Å². The number of piperidine rings is 1. The Kier molecular flexibility index (Phi) is 3.36. The number of pyridine rings is 1. The SMILES string of the molecule is O=C(NC1CCCN(c2ncnc3cnccc23)C1)C1CC1. The van der Waals surface area contributed by atoms with Crippen molar-refractivity contribution >= 4 is 22.6 Å². The summed E-state index contributed by atoms with van der Waals surface area (Å²) >= 11 is 0. The Labute approximate surface area is 129 Å². The van der Waals surface area contributed by atoms with Crippen molar-refractivity contribution in [3.8, 4) is 0 Å². The quantitative estimate of drug-likeness (QED) is 0.930. The first kappa shape index (κ1) is 13.4. The van der Waals surface area contributed by atoms with Crippen molar-refractivity contribution in [2.24, 2.45) is 5.92 Å². The summed E-state index contributed by atoms with van der Waals surface area (Å²) in [7, 11) is 0. The van der Waals surface area contributed by atoms with E-state index in [0.29, 0.717) is 0 Å². The summed E-state index contributed by atoms with van der Waals surface area (Å²) in [6.07, 6.45) is 9.32. The Bertz CT molecular complexity index is 695. The maximum atomic E-state index is 12.0. The fourth-order valence-electron chi connectivity index (χ4n) is 3.10. The maximum Gasteiger partial charge on any atom is 0.223 e. The zero-order valence-electron chi connectivity index (χ0n) is 12.4. The smallest absolute Gasteiger partial charge is 0.223 e. The largest absolute Gasteiger partial charge is 0.354 e. The zero-order chi connectivity index (χ0) is 14.9. The summed E-state index contributed by atoms with van der Waals surface area (Å²) in [4.78, 5) is 27.1. The van der Waals surface area contributed by atoms with E-state index in [0.717, 1.165) is 55.5 Å². The second-order valence-corrected chi connectivity index (χ2v) is 6.16. The predicted molar refractivity (Wildman–Crippen MR) is 83.4 cm³/mol. The van der Waals surface area contributed by atoms with Crippen LogP contribution in [-0.2, 0) is 4.79 Å². The zero-order valence-corrected chi connectivity index (χ0v) is 12.4. The lowest BCUT2D eigenvalue weighted by Gasteiger charge is -2.34. The maximum absolute atomic E-state index is 12.0. The van der Waals surface area contributed by atoms with E-state index in [2.05, 4.69) is 25.2 Å². The molecular formula is C16H19N5O. The molecule has 2 fully saturated rings. The molecule has 1 saturated heterocycles. The molecule has 0 spiro atoms. The number of aromatic nitrogens is 3. The van der Waals surface area contributed by atoms with E-state index in [1.54, 1.807) is 18.7 Å². The molecule has 22 heavy (non-hydrogen) atoms. The summed E-state index contributed by atoms with van der Waals surface area (Å²) in [6.45, 7) is 1.77. The summed E-state index contributed by atoms with van der Waals surface area (Å²) in [6, 6.07) is 2.17. The van der Waals surface area contributed by atoms with Crippen LogP contribution in [0, 0.1) is 5.92 Å². The van der Waals surface area contributed by atoms with Crippen LogP contribution in [0.2, 0.25) is 0 Å². The average molecular weight is 297 g/mol. The molecule has 0 bridgehead atoms. The third-order valence-electron chi connectivity index (χ3n) is 4.43. The van der Waals surface area contributed by atoms with Crippen LogP contribution >= 0.6 is 0 Å². The molecule has 1 atom stereocenters. The highest BCUT2D eigenvalue weighted by Gasteiger charge is 2.32. The number of nitrogens with one attached hydrogen (secondary N) is 1. The van der Waals surface area contributed by atoms with Crippen LogP contribution in [0.4, 0.5) is 5.82 Å². The van der Waals surface area contributed by atoms with Crippen LogP contribution < -0.4 is 10.2 Å². The Morgan fingerprint density at radius 3 is 3.05 bits per heavy atom. The lowest BCUT2D eigenvalue weighted by atomic mass is 10.0. The minimum atomic E-state index is 0.216. The van der Waals surface area contributed by atoms with Crippen molar-refractivity contribution in [2.75, 3.05) is 18.0 Å². The van der Waals surface area contributed by atoms with Gasteiger partial charge in [0.15, 0.2) is 0 Å². The van der Waals surface area contributed by atoms with Crippen LogP contribution in [0.5, 0.6) is 0 Å². The number of nitrogens with zero attached hydrogens (tertiary/aromatic N) is 4. The van der Waals surface area contributed by atoms with Crippen molar-refractivity contribution in [3.05, 3.63) is 24.8 Å². The monoisotopic (exact) mass is 297 g/mol. The van der Waals surface area contributed by atoms with E-state index < -0.39 is 0 Å². The Morgan fingerprint density at radius 2 is 2.18 bits per heavy atom. The Morgan fingerprint density at radius 1 is 1.27 bits per heavy atom. The number of rotatable bonds is 3. The topological polar surface area (TPSA) is 71.0 Å². The highest BCUT2D eigenvalue weighted by Crippen LogP contribution is 2.30. The van der Waals surface area contributed by atoms with E-state index in [1.165, 1.54) is 0 Å². The molecule has 6 nitrogen and oxygen atoms in total. The second-order valence-electron chi connectivity index (χ2n) is 6.16. The fraction of sp³-hybridized carbons (Fsp3) is 0.500. The molecule has 0 radical (unpaired) electrons. The van der Waals surface area contributed by atoms with Gasteiger partial charge >= 0.3 is 0 Å². The molecule has 1 N–H and O–H groups in total. The molecule has 1 aliphatic heterocycles. The van der Waals surface area contributed by atoms with Crippen molar-refractivity contribution in [2.45, 2.75) is 31.7 Å². The predicted octanol–water partition coefficient (Wildman–Crippen LogP) is 1.52. The van der Waals surface area contributed by atoms with Gasteiger partial charge in [0.05, 0.1) is 11.7 Å². The first-order valence-corrected chi connectivity index (χ1v) is 7.91. The molecular weight excluding hydrogens is 278 g/mol. The van der Waals surface area contributed by atoms with Gasteiger partial charge < -0.3 is 10.2 Å². The molecule has 3 heterocycles. The van der Waals surface area contributed by atoms with Gasteiger partial charge in [-0.05, 0) is 31.7 Å². The fourth-order valence-corrected chi connectivity index (χ4v) is 3.10. The molecule has 6 heteroatoms. The molecule has 1 unspecified atom stereocenters. The van der Waals surface area contributed by atoms with E-state index in [9.17, 15) is 4.79 Å². The van der Waals surface area contributed by atoms with Gasteiger partial charge in [-0.2, -0.15) is 0 Å². The highest BCUT2D eigenvalue weighted by atomic mass is 16.2. The highest BCUT2D eigenvalue weighted by molar-refractivity contribution is 5.88. The minimum Gasteiger partial charge on any atom is -0.354 e. The molecule has 4 rings (SSSR count). The molecule has 1 amide bonds. The van der Waals surface area contributed by atoms with Crippen LogP contribution in [0.3, 0.4) is 0 Å². The number of anilines is 1. The van der Waals surface area contributed by atoms with Gasteiger partial charge in [0.25, 0.3) is 0 Å². The molecule has 114 valence electrons. The Hall–Kier alpha value is -2.24. The summed E-state index contributed by atoms with van der Waals surface area (Å²) in [5, 5.41) is 4.21. The lowest BCUT2D eigenvalue weighted by molar-refractivity contribution is -0.123. The van der Waals surface area contributed by atoms with Gasteiger partial charge in [-0.15, -0.1) is 0 Å². The molecule has 0 aromatic carbocycles. The van der Waals surface area contributed by atoms with Crippen LogP contribution in [0.25, 0.3) is 10.9 Å². The van der Waals surface area contributed by atoms with Gasteiger partial charge in [0, 0.05) is 36.6 Å². The second kappa shape index (κ2) is 5.51. The van der Waals surface area contributed by atoms with Crippen molar-refractivity contribution in [1.29, 1.82) is 0 Å². The van der Waals surface area contributed by atoms with E-state index >= 15 is 0 Å². The van der Waals surface area contributed by atoms with Gasteiger partial charge in [-0.3, -0.25) is 9.78 Å². The van der Waals surface area contributed by atoms with Crippen molar-refractivity contribution in [1.82, 2.24) is 20.3 Å². The molecule has 1 aliphatic carbocycles. The van der Waals surface area contributed by atoms with Gasteiger partial charge in [0.1, 0.15) is 12.1 Å². The lowest BCUT2D eigenvalue weighted by Crippen LogP contribution is -2.48. The molecule has 2 aliphatic rings. The molecule has 2 aromatic rings. The summed E-state index contributed by atoms with van der Waals surface area (Å²) in [5.41, 5.74) is 0.858. The van der Waals surface area contributed by atoms with Gasteiger partial charge in [-0.1, -0.05) is 0 Å². The van der Waals surface area contributed by atoms with Gasteiger partial charge in [0.2, 0.25) is 5.91 Å². The number of hydrogen-bond donors (Lipinski definition) is 1. The number of amides is 1. The standard InChI is InChI=1S/C16H19N5O/c22-16(11-3-4-11)20-12-2-1-7-21(9-12)15-13-5-6-17-8-14(13)18-10-19-15/h5-6,8,10-12H,1-4,7,9H2,(H,20,22). The number of carbonyl (C=O) groups is 1. The summed E-state index contributed by atoms with van der Waals surface area (Å²) in [5.74, 6) is 1.43. The van der Waals surface area contributed by atoms with E-state index in [-0.39, 0.29) is 17.9 Å². The third-order valence-corrected chi connectivity index (χ3v) is 4.43. The number of fused-ring (bicyclic) bond motifs is 1. The average Bonchev–Trinajstić information content (AvgIpc) is 3.39. The molecule has 2 aromatic heterocycles. The van der Waals surface area contributed by atoms with Crippen LogP contribution in [0.15, 0.2) is 24.8 Å². The van der Waals surface area contributed by atoms with E-state index in [4.69, 9.17) is 0 Å². The first-order chi connectivity index (χ1) is 10.8. The third kappa shape index (κ3) is 2.61. The number of hydrogen-bond acceptors (Lipinski definition) is 5. The van der Waals surface area contributed by atoms with Crippen LogP contribution in [-0.4, -0.2) is 40.0 Å². The minimum absolute atomic E-state index is 0.216.